The average Bonchev–Trinajstić information content (AvgIpc) is 2.00. The standard InChI is InChI=1S/C8H11O3/c9-6-4-2-1-3-5-7(10)8(6)11/h2-4,7-8,10-11H,1,5H2/b4-2-. The van der Waals surface area contributed by atoms with Crippen LogP contribution in [0.1, 0.15) is 12.8 Å². The van der Waals surface area contributed by atoms with Crippen molar-refractivity contribution in [3.63, 3.8) is 0 Å². The maximum absolute atomic E-state index is 10.9. The summed E-state index contributed by atoms with van der Waals surface area (Å²) >= 11 is 0. The van der Waals surface area contributed by atoms with Gasteiger partial charge in [0.1, 0.15) is 6.10 Å². The molecule has 0 aliphatic heterocycles. The van der Waals surface area contributed by atoms with Gasteiger partial charge in [-0.1, -0.05) is 6.08 Å². The number of allylic oxidation sites excluding steroid dienone is 1. The molecule has 2 unspecified atom stereocenters. The SMILES string of the molecule is O=C1/C=C\C[CH]CC(O)C1O. The zero-order chi connectivity index (χ0) is 8.27. The molecule has 1 rings (SSSR count). The maximum atomic E-state index is 10.9. The van der Waals surface area contributed by atoms with Crippen LogP contribution in [0.15, 0.2) is 12.2 Å². The molecule has 0 amide bonds. The molecule has 11 heavy (non-hydrogen) atoms. The van der Waals surface area contributed by atoms with Crippen molar-refractivity contribution < 1.29 is 15.0 Å². The highest BCUT2D eigenvalue weighted by Crippen LogP contribution is 2.09. The number of aliphatic hydroxyl groups excluding tert-OH is 2. The molecule has 0 saturated heterocycles. The van der Waals surface area contributed by atoms with Crippen molar-refractivity contribution in [3.8, 4) is 0 Å². The maximum Gasteiger partial charge on any atom is 0.186 e. The Morgan fingerprint density at radius 3 is 2.91 bits per heavy atom. The number of carbonyl (C=O) groups excluding carboxylic acids is 1. The molecule has 0 saturated carbocycles. The molecule has 1 radical (unpaired) electrons. The van der Waals surface area contributed by atoms with Crippen LogP contribution in [0.4, 0.5) is 0 Å². The van der Waals surface area contributed by atoms with Gasteiger partial charge in [-0.05, 0) is 25.3 Å². The van der Waals surface area contributed by atoms with Crippen molar-refractivity contribution >= 4 is 5.78 Å². The Morgan fingerprint density at radius 1 is 1.45 bits per heavy atom. The summed E-state index contributed by atoms with van der Waals surface area (Å²) in [5, 5.41) is 18.2. The van der Waals surface area contributed by atoms with Gasteiger partial charge < -0.3 is 10.2 Å². The molecule has 0 aromatic rings. The number of hydrogen-bond acceptors (Lipinski definition) is 3. The molecule has 61 valence electrons. The highest BCUT2D eigenvalue weighted by molar-refractivity contribution is 5.93. The van der Waals surface area contributed by atoms with E-state index in [0.717, 1.165) is 0 Å². The van der Waals surface area contributed by atoms with Gasteiger partial charge in [-0.15, -0.1) is 0 Å². The Balaban J connectivity index is 2.64. The second-order valence-electron chi connectivity index (χ2n) is 2.58. The van der Waals surface area contributed by atoms with Gasteiger partial charge in [0.2, 0.25) is 0 Å². The summed E-state index contributed by atoms with van der Waals surface area (Å²) in [6.45, 7) is 0. The molecule has 0 heterocycles. The minimum Gasteiger partial charge on any atom is -0.390 e. The first-order valence-corrected chi connectivity index (χ1v) is 3.60. The van der Waals surface area contributed by atoms with Gasteiger partial charge in [0.05, 0.1) is 6.10 Å². The van der Waals surface area contributed by atoms with Gasteiger partial charge >= 0.3 is 0 Å². The fourth-order valence-corrected chi connectivity index (χ4v) is 0.965. The molecule has 2 N–H and O–H groups in total. The summed E-state index contributed by atoms with van der Waals surface area (Å²) < 4.78 is 0. The highest BCUT2D eigenvalue weighted by atomic mass is 16.3. The summed E-state index contributed by atoms with van der Waals surface area (Å²) in [7, 11) is 0. The topological polar surface area (TPSA) is 57.5 Å². The summed E-state index contributed by atoms with van der Waals surface area (Å²) in [6.07, 6.45) is 3.68. The van der Waals surface area contributed by atoms with Crippen LogP contribution >= 0.6 is 0 Å². The number of carbonyl (C=O) groups is 1. The van der Waals surface area contributed by atoms with Crippen molar-refractivity contribution in [1.29, 1.82) is 0 Å². The second kappa shape index (κ2) is 3.64. The predicted octanol–water partition coefficient (Wildman–Crippen LogP) is -0.168. The highest BCUT2D eigenvalue weighted by Gasteiger charge is 2.22. The Labute approximate surface area is 65.3 Å². The van der Waals surface area contributed by atoms with E-state index in [-0.39, 0.29) is 0 Å². The van der Waals surface area contributed by atoms with Gasteiger partial charge in [-0.3, -0.25) is 4.79 Å². The third-order valence-electron chi connectivity index (χ3n) is 1.65. The number of hydrogen-bond donors (Lipinski definition) is 2. The van der Waals surface area contributed by atoms with Crippen molar-refractivity contribution in [2.75, 3.05) is 0 Å². The van der Waals surface area contributed by atoms with Crippen LogP contribution in [0.3, 0.4) is 0 Å². The van der Waals surface area contributed by atoms with Crippen molar-refractivity contribution in [3.05, 3.63) is 18.6 Å². The summed E-state index contributed by atoms with van der Waals surface area (Å²) in [5.74, 6) is -0.411. The minimum absolute atomic E-state index is 0.372. The molecule has 3 nitrogen and oxygen atoms in total. The van der Waals surface area contributed by atoms with E-state index in [9.17, 15) is 4.79 Å². The van der Waals surface area contributed by atoms with E-state index in [1.54, 1.807) is 6.08 Å². The second-order valence-corrected chi connectivity index (χ2v) is 2.58. The van der Waals surface area contributed by atoms with Crippen LogP contribution in [0.25, 0.3) is 0 Å². The molecule has 3 heteroatoms. The predicted molar refractivity (Wildman–Crippen MR) is 39.7 cm³/mol. The van der Waals surface area contributed by atoms with Crippen LogP contribution in [0.5, 0.6) is 0 Å². The lowest BCUT2D eigenvalue weighted by molar-refractivity contribution is -0.127. The van der Waals surface area contributed by atoms with E-state index < -0.39 is 18.0 Å². The Hall–Kier alpha value is -0.670. The molecule has 0 aromatic carbocycles. The van der Waals surface area contributed by atoms with Crippen LogP contribution in [-0.4, -0.2) is 28.2 Å². The van der Waals surface area contributed by atoms with E-state index in [0.29, 0.717) is 12.8 Å². The lowest BCUT2D eigenvalue weighted by Gasteiger charge is -2.16. The lowest BCUT2D eigenvalue weighted by atomic mass is 10.00. The van der Waals surface area contributed by atoms with Crippen molar-refractivity contribution in [2.24, 2.45) is 0 Å². The molecule has 0 aromatic heterocycles. The Bertz CT molecular complexity index is 174. The Morgan fingerprint density at radius 2 is 2.18 bits per heavy atom. The minimum atomic E-state index is -1.25. The van der Waals surface area contributed by atoms with Gasteiger partial charge in [0, 0.05) is 0 Å². The summed E-state index contributed by atoms with van der Waals surface area (Å²) in [6, 6.07) is 0. The smallest absolute Gasteiger partial charge is 0.186 e. The molecular formula is C8H11O3. The molecule has 1 aliphatic rings. The summed E-state index contributed by atoms with van der Waals surface area (Å²) in [4.78, 5) is 10.9. The number of aliphatic hydroxyl groups is 2. The van der Waals surface area contributed by atoms with Gasteiger partial charge in [0.15, 0.2) is 5.78 Å². The first-order chi connectivity index (χ1) is 5.22. The largest absolute Gasteiger partial charge is 0.390 e. The normalized spacial score (nSPS) is 36.0. The van der Waals surface area contributed by atoms with Crippen LogP contribution in [0.2, 0.25) is 0 Å². The van der Waals surface area contributed by atoms with E-state index in [1.807, 2.05) is 6.42 Å². The first kappa shape index (κ1) is 8.43. The van der Waals surface area contributed by atoms with Gasteiger partial charge in [-0.25, -0.2) is 0 Å². The van der Waals surface area contributed by atoms with E-state index in [2.05, 4.69) is 0 Å². The first-order valence-electron chi connectivity index (χ1n) is 3.60. The zero-order valence-corrected chi connectivity index (χ0v) is 6.10. The zero-order valence-electron chi connectivity index (χ0n) is 6.10. The fourth-order valence-electron chi connectivity index (χ4n) is 0.965. The van der Waals surface area contributed by atoms with Crippen molar-refractivity contribution in [2.45, 2.75) is 25.0 Å². The van der Waals surface area contributed by atoms with Crippen LogP contribution in [0, 0.1) is 6.42 Å². The third kappa shape index (κ3) is 2.13. The molecule has 0 spiro atoms. The van der Waals surface area contributed by atoms with E-state index in [1.165, 1.54) is 6.08 Å². The molecular weight excluding hydrogens is 144 g/mol. The Kier molecular flexibility index (Phi) is 2.79. The van der Waals surface area contributed by atoms with E-state index in [4.69, 9.17) is 10.2 Å². The van der Waals surface area contributed by atoms with Crippen molar-refractivity contribution in [1.82, 2.24) is 0 Å². The fraction of sp³-hybridized carbons (Fsp3) is 0.500. The molecule has 0 fully saturated rings. The third-order valence-corrected chi connectivity index (χ3v) is 1.65. The van der Waals surface area contributed by atoms with Crippen LogP contribution < -0.4 is 0 Å². The average molecular weight is 155 g/mol. The number of ketones is 1. The molecule has 2 atom stereocenters. The monoisotopic (exact) mass is 155 g/mol. The lowest BCUT2D eigenvalue weighted by Crippen LogP contribution is -2.33. The molecule has 0 bridgehead atoms. The van der Waals surface area contributed by atoms with Gasteiger partial charge in [0.25, 0.3) is 0 Å². The van der Waals surface area contributed by atoms with E-state index >= 15 is 0 Å². The van der Waals surface area contributed by atoms with Gasteiger partial charge in [-0.2, -0.15) is 0 Å². The number of rotatable bonds is 0. The summed E-state index contributed by atoms with van der Waals surface area (Å²) in [5.41, 5.74) is 0. The quantitative estimate of drug-likeness (QED) is 0.510. The molecule has 1 aliphatic carbocycles. The van der Waals surface area contributed by atoms with Crippen LogP contribution in [-0.2, 0) is 4.79 Å².